The molecule has 1 aromatic rings. The van der Waals surface area contributed by atoms with Gasteiger partial charge in [-0.2, -0.15) is 5.26 Å². The van der Waals surface area contributed by atoms with Gasteiger partial charge in [0.2, 0.25) is 0 Å². The van der Waals surface area contributed by atoms with E-state index < -0.39 is 17.4 Å². The fourth-order valence-electron chi connectivity index (χ4n) is 1.80. The lowest BCUT2D eigenvalue weighted by Crippen LogP contribution is -2.50. The molecule has 0 aliphatic heterocycles. The van der Waals surface area contributed by atoms with Gasteiger partial charge in [-0.3, -0.25) is 4.79 Å². The lowest BCUT2D eigenvalue weighted by atomic mass is 9.90. The van der Waals surface area contributed by atoms with Crippen molar-refractivity contribution >= 4 is 23.2 Å². The van der Waals surface area contributed by atoms with E-state index in [2.05, 4.69) is 11.4 Å². The second-order valence-corrected chi connectivity index (χ2v) is 6.80. The van der Waals surface area contributed by atoms with Gasteiger partial charge in [-0.25, -0.2) is 4.79 Å². The maximum atomic E-state index is 11.9. The molecule has 0 radical (unpaired) electrons. The van der Waals surface area contributed by atoms with E-state index in [0.717, 1.165) is 16.9 Å². The summed E-state index contributed by atoms with van der Waals surface area (Å²) in [4.78, 5) is 25.4. The third-order valence-electron chi connectivity index (χ3n) is 3.66. The molecule has 0 bridgehead atoms. The number of ether oxygens (including phenoxy) is 1. The Balaban J connectivity index is 2.60. The molecular formula is C16H22N2O3S. The summed E-state index contributed by atoms with van der Waals surface area (Å²) in [7, 11) is 0. The van der Waals surface area contributed by atoms with E-state index in [1.165, 1.54) is 11.3 Å². The number of carbonyl (C=O) groups is 2. The van der Waals surface area contributed by atoms with Gasteiger partial charge in [-0.15, -0.1) is 11.3 Å². The first-order valence-electron chi connectivity index (χ1n) is 7.22. The van der Waals surface area contributed by atoms with Crippen LogP contribution in [0.2, 0.25) is 0 Å². The predicted octanol–water partition coefficient (Wildman–Crippen LogP) is 2.83. The molecule has 1 aromatic heterocycles. The van der Waals surface area contributed by atoms with Crippen molar-refractivity contribution in [1.29, 1.82) is 5.26 Å². The molecule has 1 N–H and O–H groups in total. The van der Waals surface area contributed by atoms with Gasteiger partial charge < -0.3 is 10.1 Å². The van der Waals surface area contributed by atoms with Crippen molar-refractivity contribution in [2.75, 3.05) is 6.61 Å². The van der Waals surface area contributed by atoms with Crippen LogP contribution in [0.3, 0.4) is 0 Å². The molecule has 0 fully saturated rings. The van der Waals surface area contributed by atoms with Crippen molar-refractivity contribution in [1.82, 2.24) is 5.32 Å². The fraction of sp³-hybridized carbons (Fsp3) is 0.562. The van der Waals surface area contributed by atoms with Crippen LogP contribution in [-0.2, 0) is 16.0 Å². The first-order valence-corrected chi connectivity index (χ1v) is 8.03. The molecule has 6 heteroatoms. The van der Waals surface area contributed by atoms with E-state index >= 15 is 0 Å². The zero-order chi connectivity index (χ0) is 16.9. The van der Waals surface area contributed by atoms with E-state index in [4.69, 9.17) is 10.00 Å². The van der Waals surface area contributed by atoms with Crippen LogP contribution in [-0.4, -0.2) is 24.0 Å². The molecule has 120 valence electrons. The Morgan fingerprint density at radius 1 is 1.50 bits per heavy atom. The second-order valence-electron chi connectivity index (χ2n) is 5.66. The molecule has 0 saturated carbocycles. The summed E-state index contributed by atoms with van der Waals surface area (Å²) in [6.07, 6.45) is 0.860. The highest BCUT2D eigenvalue weighted by molar-refractivity contribution is 7.14. The first-order chi connectivity index (χ1) is 10.2. The normalized spacial score (nSPS) is 13.3. The summed E-state index contributed by atoms with van der Waals surface area (Å²) in [5.74, 6) is -1.04. The highest BCUT2D eigenvalue weighted by Crippen LogP contribution is 2.23. The molecule has 22 heavy (non-hydrogen) atoms. The van der Waals surface area contributed by atoms with Gasteiger partial charge >= 0.3 is 5.97 Å². The number of hydrogen-bond donors (Lipinski definition) is 1. The van der Waals surface area contributed by atoms with Crippen molar-refractivity contribution < 1.29 is 14.3 Å². The maximum absolute atomic E-state index is 11.9. The van der Waals surface area contributed by atoms with E-state index in [1.807, 2.05) is 27.7 Å². The summed E-state index contributed by atoms with van der Waals surface area (Å²) in [6, 6.07) is 3.85. The Bertz CT molecular complexity index is 601. The Morgan fingerprint density at radius 2 is 2.14 bits per heavy atom. The van der Waals surface area contributed by atoms with Crippen molar-refractivity contribution in [2.24, 2.45) is 5.92 Å². The molecule has 1 amide bonds. The summed E-state index contributed by atoms with van der Waals surface area (Å²) in [6.45, 7) is 8.91. The third-order valence-corrected chi connectivity index (χ3v) is 5.02. The number of nitrogens with one attached hydrogen (secondary N) is 1. The smallest absolute Gasteiger partial charge is 0.348 e. The number of nitrogens with zero attached hydrogens (tertiary/aromatic N) is 1. The molecule has 5 nitrogen and oxygen atoms in total. The second kappa shape index (κ2) is 7.41. The molecule has 0 aromatic carbocycles. The monoisotopic (exact) mass is 322 g/mol. The first kappa shape index (κ1) is 18.2. The minimum atomic E-state index is -0.974. The minimum absolute atomic E-state index is 0.0517. The van der Waals surface area contributed by atoms with E-state index in [1.54, 1.807) is 13.0 Å². The standard InChI is InChI=1S/C16H22N2O3S/c1-6-12-11(4)7-13(22-12)15(20)21-8-14(19)18-16(5,9-17)10(2)3/h7,10H,6,8H2,1-5H3,(H,18,19)/t16-/m0/s1. The average molecular weight is 322 g/mol. The van der Waals surface area contributed by atoms with Crippen molar-refractivity contribution in [2.45, 2.75) is 46.6 Å². The minimum Gasteiger partial charge on any atom is -0.451 e. The Kier molecular flexibility index (Phi) is 6.12. The Hall–Kier alpha value is -1.87. The van der Waals surface area contributed by atoms with Crippen LogP contribution >= 0.6 is 11.3 Å². The number of rotatable bonds is 6. The Morgan fingerprint density at radius 3 is 2.59 bits per heavy atom. The van der Waals surface area contributed by atoms with Crippen molar-refractivity contribution in [3.8, 4) is 6.07 Å². The van der Waals surface area contributed by atoms with Crippen molar-refractivity contribution in [3.05, 3.63) is 21.4 Å². The van der Waals surface area contributed by atoms with Crippen LogP contribution in [0.4, 0.5) is 0 Å². The molecule has 0 saturated heterocycles. The van der Waals surface area contributed by atoms with Gasteiger partial charge in [-0.1, -0.05) is 20.8 Å². The van der Waals surface area contributed by atoms with E-state index in [-0.39, 0.29) is 12.5 Å². The van der Waals surface area contributed by atoms with Gasteiger partial charge in [0.1, 0.15) is 10.4 Å². The van der Waals surface area contributed by atoms with Gasteiger partial charge in [-0.05, 0) is 37.8 Å². The van der Waals surface area contributed by atoms with Crippen LogP contribution in [0, 0.1) is 24.2 Å². The number of aryl methyl sites for hydroxylation is 2. The van der Waals surface area contributed by atoms with Gasteiger partial charge in [0, 0.05) is 4.88 Å². The van der Waals surface area contributed by atoms with Crippen LogP contribution in [0.25, 0.3) is 0 Å². The lowest BCUT2D eigenvalue weighted by molar-refractivity contribution is -0.125. The summed E-state index contributed by atoms with van der Waals surface area (Å²) in [5, 5.41) is 11.8. The molecule has 0 aliphatic rings. The van der Waals surface area contributed by atoms with Crippen LogP contribution in [0.5, 0.6) is 0 Å². The number of amides is 1. The van der Waals surface area contributed by atoms with Crippen LogP contribution in [0.1, 0.15) is 47.8 Å². The zero-order valence-electron chi connectivity index (χ0n) is 13.6. The number of hydrogen-bond acceptors (Lipinski definition) is 5. The summed E-state index contributed by atoms with van der Waals surface area (Å²) < 4.78 is 5.02. The molecule has 1 heterocycles. The molecule has 0 spiro atoms. The van der Waals surface area contributed by atoms with Gasteiger partial charge in [0.15, 0.2) is 6.61 Å². The van der Waals surface area contributed by atoms with E-state index in [9.17, 15) is 9.59 Å². The molecule has 1 rings (SSSR count). The number of nitriles is 1. The van der Waals surface area contributed by atoms with E-state index in [0.29, 0.717) is 4.88 Å². The topological polar surface area (TPSA) is 79.2 Å². The van der Waals surface area contributed by atoms with Gasteiger partial charge in [0.05, 0.1) is 6.07 Å². The number of carbonyl (C=O) groups excluding carboxylic acids is 2. The number of esters is 1. The molecule has 0 unspecified atom stereocenters. The highest BCUT2D eigenvalue weighted by atomic mass is 32.1. The maximum Gasteiger partial charge on any atom is 0.348 e. The summed E-state index contributed by atoms with van der Waals surface area (Å²) >= 11 is 1.38. The average Bonchev–Trinajstić information content (AvgIpc) is 2.85. The zero-order valence-corrected chi connectivity index (χ0v) is 14.5. The highest BCUT2D eigenvalue weighted by Gasteiger charge is 2.30. The summed E-state index contributed by atoms with van der Waals surface area (Å²) in [5.41, 5.74) is 0.0824. The van der Waals surface area contributed by atoms with Gasteiger partial charge in [0.25, 0.3) is 5.91 Å². The predicted molar refractivity (Wildman–Crippen MR) is 85.7 cm³/mol. The third kappa shape index (κ3) is 4.31. The number of thiophene rings is 1. The molecular weight excluding hydrogens is 300 g/mol. The lowest BCUT2D eigenvalue weighted by Gasteiger charge is -2.27. The van der Waals surface area contributed by atoms with Crippen LogP contribution in [0.15, 0.2) is 6.07 Å². The van der Waals surface area contributed by atoms with Crippen molar-refractivity contribution in [3.63, 3.8) is 0 Å². The largest absolute Gasteiger partial charge is 0.451 e. The SMILES string of the molecule is CCc1sc(C(=O)OCC(=O)N[C@@](C)(C#N)C(C)C)cc1C. The quantitative estimate of drug-likeness (QED) is 0.817. The van der Waals surface area contributed by atoms with Crippen LogP contribution < -0.4 is 5.32 Å². The molecule has 0 aliphatic carbocycles. The fourth-order valence-corrected chi connectivity index (χ4v) is 2.81. The molecule has 1 atom stereocenters. The Labute approximate surface area is 135 Å².